The molecule has 128 valence electrons. The average Bonchev–Trinajstić information content (AvgIpc) is 3.01. The highest BCUT2D eigenvalue weighted by molar-refractivity contribution is 8.02. The molecule has 0 bridgehead atoms. The summed E-state index contributed by atoms with van der Waals surface area (Å²) in [5.41, 5.74) is 1.88. The first-order valence-electron chi connectivity index (χ1n) is 7.64. The van der Waals surface area contributed by atoms with Gasteiger partial charge >= 0.3 is 0 Å². The van der Waals surface area contributed by atoms with Gasteiger partial charge in [-0.1, -0.05) is 71.6 Å². The highest BCUT2D eigenvalue weighted by atomic mass is 32.2. The number of nitrogens with zero attached hydrogens (tertiary/aromatic N) is 3. The zero-order chi connectivity index (χ0) is 17.8. The van der Waals surface area contributed by atoms with Gasteiger partial charge in [-0.2, -0.15) is 0 Å². The van der Waals surface area contributed by atoms with Gasteiger partial charge in [-0.25, -0.2) is 4.68 Å². The van der Waals surface area contributed by atoms with Crippen molar-refractivity contribution < 1.29 is 4.79 Å². The second-order valence-electron chi connectivity index (χ2n) is 5.52. The lowest BCUT2D eigenvalue weighted by Gasteiger charge is -2.19. The van der Waals surface area contributed by atoms with E-state index >= 15 is 0 Å². The number of hydrogen-bond acceptors (Lipinski definition) is 5. The summed E-state index contributed by atoms with van der Waals surface area (Å²) in [6.45, 7) is 0. The molecule has 3 aromatic rings. The summed E-state index contributed by atoms with van der Waals surface area (Å²) < 4.78 is 3.18. The van der Waals surface area contributed by atoms with E-state index in [0.29, 0.717) is 3.95 Å². The molecule has 1 heterocycles. The van der Waals surface area contributed by atoms with Gasteiger partial charge in [-0.3, -0.25) is 4.79 Å². The Labute approximate surface area is 160 Å². The average molecular weight is 388 g/mol. The number of rotatable bonds is 5. The van der Waals surface area contributed by atoms with E-state index in [4.69, 9.17) is 12.2 Å². The van der Waals surface area contributed by atoms with Crippen molar-refractivity contribution in [2.24, 2.45) is 0 Å². The second-order valence-corrected chi connectivity index (χ2v) is 8.50. The Morgan fingerprint density at radius 2 is 1.72 bits per heavy atom. The summed E-state index contributed by atoms with van der Waals surface area (Å²) in [5.74, 6) is 0.0311. The molecule has 0 aliphatic rings. The highest BCUT2D eigenvalue weighted by Crippen LogP contribution is 2.38. The molecule has 4 nitrogen and oxygen atoms in total. The molecule has 0 aliphatic heterocycles. The first kappa shape index (κ1) is 17.8. The number of carbonyl (C=O) groups excluding carboxylic acids is 1. The normalized spacial score (nSPS) is 11.9. The van der Waals surface area contributed by atoms with Crippen LogP contribution in [0.1, 0.15) is 10.8 Å². The lowest BCUT2D eigenvalue weighted by Crippen LogP contribution is -2.26. The Balaban J connectivity index is 1.93. The fourth-order valence-electron chi connectivity index (χ4n) is 2.26. The van der Waals surface area contributed by atoms with Crippen LogP contribution in [0.5, 0.6) is 0 Å². The molecule has 7 heteroatoms. The molecule has 2 aromatic carbocycles. The standard InChI is InChI=1S/C18H17N3OS3/c1-20(2)16(22)15(13-9-5-3-6-10-13)24-17-19-21(18(23)25-17)14-11-7-4-8-12-14/h3-12,15H,1-2H3. The van der Waals surface area contributed by atoms with E-state index in [0.717, 1.165) is 15.6 Å². The number of thioether (sulfide) groups is 1. The van der Waals surface area contributed by atoms with Gasteiger partial charge in [0.2, 0.25) is 5.91 Å². The first-order valence-corrected chi connectivity index (χ1v) is 9.75. The molecule has 0 saturated carbocycles. The van der Waals surface area contributed by atoms with Crippen molar-refractivity contribution in [1.82, 2.24) is 14.7 Å². The molecule has 3 rings (SSSR count). The predicted octanol–water partition coefficient (Wildman–Crippen LogP) is 4.58. The van der Waals surface area contributed by atoms with Crippen molar-refractivity contribution in [2.75, 3.05) is 14.1 Å². The third kappa shape index (κ3) is 4.18. The number of amides is 1. The minimum atomic E-state index is -0.346. The summed E-state index contributed by atoms with van der Waals surface area (Å²) in [6.07, 6.45) is 0. The van der Waals surface area contributed by atoms with Crippen molar-refractivity contribution in [1.29, 1.82) is 0 Å². The molecular formula is C18H17N3OS3. The predicted molar refractivity (Wildman–Crippen MR) is 106 cm³/mol. The molecule has 0 fully saturated rings. The van der Waals surface area contributed by atoms with E-state index in [2.05, 4.69) is 5.10 Å². The van der Waals surface area contributed by atoms with Crippen LogP contribution >= 0.6 is 35.3 Å². The SMILES string of the molecule is CN(C)C(=O)C(Sc1nn(-c2ccccc2)c(=S)s1)c1ccccc1. The van der Waals surface area contributed by atoms with Gasteiger partial charge in [0, 0.05) is 14.1 Å². The lowest BCUT2D eigenvalue weighted by molar-refractivity contribution is -0.128. The number of hydrogen-bond donors (Lipinski definition) is 0. The summed E-state index contributed by atoms with van der Waals surface area (Å²) in [5, 5.41) is 4.26. The quantitative estimate of drug-likeness (QED) is 0.474. The minimum Gasteiger partial charge on any atom is -0.348 e. The van der Waals surface area contributed by atoms with E-state index in [1.165, 1.54) is 23.1 Å². The maximum Gasteiger partial charge on any atom is 0.240 e. The van der Waals surface area contributed by atoms with E-state index < -0.39 is 0 Å². The number of aromatic nitrogens is 2. The van der Waals surface area contributed by atoms with Gasteiger partial charge in [0.05, 0.1) is 5.69 Å². The summed E-state index contributed by atoms with van der Waals surface area (Å²) >= 11 is 8.31. The fraction of sp³-hybridized carbons (Fsp3) is 0.167. The fourth-order valence-corrected chi connectivity index (χ4v) is 4.96. The Morgan fingerprint density at radius 3 is 2.32 bits per heavy atom. The number of benzene rings is 2. The van der Waals surface area contributed by atoms with Crippen molar-refractivity contribution in [3.05, 3.63) is 70.2 Å². The third-order valence-corrected chi connectivity index (χ3v) is 6.07. The molecule has 1 amide bonds. The molecular weight excluding hydrogens is 370 g/mol. The Hall–Kier alpha value is -1.96. The van der Waals surface area contributed by atoms with Crippen molar-refractivity contribution >= 4 is 41.2 Å². The van der Waals surface area contributed by atoms with Crippen LogP contribution in [0.4, 0.5) is 0 Å². The van der Waals surface area contributed by atoms with Crippen LogP contribution in [0.15, 0.2) is 65.0 Å². The van der Waals surface area contributed by atoms with E-state index in [9.17, 15) is 4.79 Å². The molecule has 1 unspecified atom stereocenters. The maximum atomic E-state index is 12.7. The topological polar surface area (TPSA) is 38.1 Å². The number of carbonyl (C=O) groups is 1. The molecule has 0 aliphatic carbocycles. The largest absolute Gasteiger partial charge is 0.348 e. The molecule has 0 saturated heterocycles. The monoisotopic (exact) mass is 387 g/mol. The van der Waals surface area contributed by atoms with E-state index in [-0.39, 0.29) is 11.2 Å². The van der Waals surface area contributed by atoms with Gasteiger partial charge in [-0.05, 0) is 29.9 Å². The number of para-hydroxylation sites is 1. The molecule has 0 spiro atoms. The Kier molecular flexibility index (Phi) is 5.67. The molecule has 1 atom stereocenters. The zero-order valence-corrected chi connectivity index (χ0v) is 16.3. The third-order valence-electron chi connectivity index (χ3n) is 3.52. The molecule has 1 aromatic heterocycles. The van der Waals surface area contributed by atoms with Crippen LogP contribution in [0, 0.1) is 3.95 Å². The first-order chi connectivity index (χ1) is 12.1. The van der Waals surface area contributed by atoms with Crippen LogP contribution in [0.2, 0.25) is 0 Å². The van der Waals surface area contributed by atoms with Gasteiger partial charge in [0.1, 0.15) is 5.25 Å². The number of likely N-dealkylation sites (N-methyl/N-ethyl adjacent to an activating group) is 1. The summed E-state index contributed by atoms with van der Waals surface area (Å²) in [7, 11) is 3.53. The van der Waals surface area contributed by atoms with Gasteiger partial charge in [-0.15, -0.1) is 5.10 Å². The van der Waals surface area contributed by atoms with Crippen LogP contribution in [0.25, 0.3) is 5.69 Å². The van der Waals surface area contributed by atoms with Crippen molar-refractivity contribution in [3.8, 4) is 5.69 Å². The second kappa shape index (κ2) is 7.95. The highest BCUT2D eigenvalue weighted by Gasteiger charge is 2.25. The van der Waals surface area contributed by atoms with Crippen molar-refractivity contribution in [3.63, 3.8) is 0 Å². The molecule has 0 N–H and O–H groups in total. The minimum absolute atomic E-state index is 0.0311. The van der Waals surface area contributed by atoms with Gasteiger partial charge in [0.25, 0.3) is 0 Å². The van der Waals surface area contributed by atoms with Crippen LogP contribution in [0.3, 0.4) is 0 Å². The summed E-state index contributed by atoms with van der Waals surface area (Å²) in [6, 6.07) is 19.5. The van der Waals surface area contributed by atoms with Crippen molar-refractivity contribution in [2.45, 2.75) is 9.59 Å². The Morgan fingerprint density at radius 1 is 1.12 bits per heavy atom. The molecule has 0 radical (unpaired) electrons. The zero-order valence-electron chi connectivity index (χ0n) is 13.8. The maximum absolute atomic E-state index is 12.7. The van der Waals surface area contributed by atoms with E-state index in [1.54, 1.807) is 23.7 Å². The van der Waals surface area contributed by atoms with Crippen LogP contribution in [-0.2, 0) is 4.79 Å². The lowest BCUT2D eigenvalue weighted by atomic mass is 10.1. The van der Waals surface area contributed by atoms with Gasteiger partial charge < -0.3 is 4.90 Å². The van der Waals surface area contributed by atoms with Gasteiger partial charge in [0.15, 0.2) is 8.29 Å². The Bertz CT molecular complexity index is 904. The summed E-state index contributed by atoms with van der Waals surface area (Å²) in [4.78, 5) is 14.3. The van der Waals surface area contributed by atoms with Crippen LogP contribution < -0.4 is 0 Å². The van der Waals surface area contributed by atoms with E-state index in [1.807, 2.05) is 60.7 Å². The molecule has 25 heavy (non-hydrogen) atoms. The smallest absolute Gasteiger partial charge is 0.240 e. The van der Waals surface area contributed by atoms with Crippen LogP contribution in [-0.4, -0.2) is 34.7 Å².